The van der Waals surface area contributed by atoms with E-state index in [2.05, 4.69) is 4.98 Å². The molecule has 0 fully saturated rings. The largest absolute Gasteiger partial charge is 0.416 e. The van der Waals surface area contributed by atoms with Crippen molar-refractivity contribution in [2.75, 3.05) is 5.73 Å². The minimum Gasteiger partial charge on any atom is -0.398 e. The van der Waals surface area contributed by atoms with E-state index in [1.807, 2.05) is 26.0 Å². The number of aryl methyl sites for hydroxylation is 2. The average Bonchev–Trinajstić information content (AvgIpc) is 2.29. The molecular formula is C14H13F3N2S. The number of pyridine rings is 1. The Labute approximate surface area is 119 Å². The molecule has 0 spiro atoms. The van der Waals surface area contributed by atoms with Crippen LogP contribution in [0.4, 0.5) is 18.9 Å². The molecule has 6 heteroatoms. The van der Waals surface area contributed by atoms with Crippen molar-refractivity contribution >= 4 is 17.4 Å². The molecule has 0 atom stereocenters. The van der Waals surface area contributed by atoms with Gasteiger partial charge in [-0.1, -0.05) is 11.8 Å². The predicted octanol–water partition coefficient (Wildman–Crippen LogP) is 4.45. The van der Waals surface area contributed by atoms with Crippen molar-refractivity contribution in [1.82, 2.24) is 4.98 Å². The van der Waals surface area contributed by atoms with Gasteiger partial charge in [0, 0.05) is 16.3 Å². The molecule has 1 aromatic heterocycles. The molecule has 0 unspecified atom stereocenters. The zero-order chi connectivity index (χ0) is 14.9. The van der Waals surface area contributed by atoms with Crippen LogP contribution in [0.15, 0.2) is 40.3 Å². The van der Waals surface area contributed by atoms with E-state index < -0.39 is 11.7 Å². The van der Waals surface area contributed by atoms with Gasteiger partial charge >= 0.3 is 6.18 Å². The molecule has 20 heavy (non-hydrogen) atoms. The molecule has 0 radical (unpaired) electrons. The number of nitrogens with two attached hydrogens (primary N) is 1. The second kappa shape index (κ2) is 5.36. The Balaban J connectivity index is 2.30. The van der Waals surface area contributed by atoms with Gasteiger partial charge in [0.25, 0.3) is 0 Å². The molecule has 0 aliphatic carbocycles. The van der Waals surface area contributed by atoms with Crippen LogP contribution < -0.4 is 5.73 Å². The van der Waals surface area contributed by atoms with Crippen molar-refractivity contribution in [2.24, 2.45) is 0 Å². The van der Waals surface area contributed by atoms with Crippen molar-refractivity contribution in [2.45, 2.75) is 29.9 Å². The lowest BCUT2D eigenvalue weighted by Crippen LogP contribution is -2.05. The van der Waals surface area contributed by atoms with Crippen LogP contribution in [0, 0.1) is 13.8 Å². The van der Waals surface area contributed by atoms with Gasteiger partial charge in [-0.25, -0.2) is 4.98 Å². The average molecular weight is 298 g/mol. The molecule has 2 N–H and O–H groups in total. The fraction of sp³-hybridized carbons (Fsp3) is 0.214. The van der Waals surface area contributed by atoms with E-state index in [0.29, 0.717) is 9.92 Å². The van der Waals surface area contributed by atoms with Gasteiger partial charge in [-0.2, -0.15) is 13.2 Å². The second-order valence-corrected chi connectivity index (χ2v) is 5.54. The number of nitrogen functional groups attached to an aromatic ring is 1. The van der Waals surface area contributed by atoms with Gasteiger partial charge in [-0.15, -0.1) is 0 Å². The van der Waals surface area contributed by atoms with Gasteiger partial charge in [0.1, 0.15) is 5.03 Å². The lowest BCUT2D eigenvalue weighted by atomic mass is 10.2. The molecule has 2 nitrogen and oxygen atoms in total. The Morgan fingerprint density at radius 3 is 2.35 bits per heavy atom. The molecule has 106 valence electrons. The third-order valence-electron chi connectivity index (χ3n) is 2.63. The first-order valence-electron chi connectivity index (χ1n) is 5.85. The summed E-state index contributed by atoms with van der Waals surface area (Å²) in [5.74, 6) is 0. The summed E-state index contributed by atoms with van der Waals surface area (Å²) in [5.41, 5.74) is 6.96. The number of aromatic nitrogens is 1. The van der Waals surface area contributed by atoms with Gasteiger partial charge in [-0.3, -0.25) is 0 Å². The van der Waals surface area contributed by atoms with Crippen molar-refractivity contribution in [3.63, 3.8) is 0 Å². The molecule has 0 aliphatic rings. The van der Waals surface area contributed by atoms with Crippen LogP contribution in [0.2, 0.25) is 0 Å². The first-order chi connectivity index (χ1) is 9.25. The van der Waals surface area contributed by atoms with Crippen LogP contribution in [-0.2, 0) is 6.18 Å². The topological polar surface area (TPSA) is 38.9 Å². The maximum absolute atomic E-state index is 12.6. The van der Waals surface area contributed by atoms with E-state index in [9.17, 15) is 13.2 Å². The maximum atomic E-state index is 12.6. The number of hydrogen-bond donors (Lipinski definition) is 1. The number of halogens is 3. The van der Waals surface area contributed by atoms with E-state index in [4.69, 9.17) is 5.73 Å². The van der Waals surface area contributed by atoms with Crippen LogP contribution in [0.25, 0.3) is 0 Å². The summed E-state index contributed by atoms with van der Waals surface area (Å²) < 4.78 is 37.7. The fourth-order valence-corrected chi connectivity index (χ4v) is 2.76. The van der Waals surface area contributed by atoms with Crippen LogP contribution in [0.3, 0.4) is 0 Å². The fourth-order valence-electron chi connectivity index (χ4n) is 1.79. The lowest BCUT2D eigenvalue weighted by molar-refractivity contribution is -0.137. The van der Waals surface area contributed by atoms with Crippen LogP contribution in [0.1, 0.15) is 16.8 Å². The van der Waals surface area contributed by atoms with E-state index in [1.165, 1.54) is 17.8 Å². The number of anilines is 1. The molecule has 0 saturated heterocycles. The first kappa shape index (κ1) is 14.7. The zero-order valence-corrected chi connectivity index (χ0v) is 11.8. The molecular weight excluding hydrogens is 285 g/mol. The Kier molecular flexibility index (Phi) is 3.94. The molecule has 0 saturated carbocycles. The number of nitrogens with zero attached hydrogens (tertiary/aromatic N) is 1. The van der Waals surface area contributed by atoms with Gasteiger partial charge < -0.3 is 5.73 Å². The third-order valence-corrected chi connectivity index (χ3v) is 3.64. The highest BCUT2D eigenvalue weighted by Crippen LogP contribution is 2.36. The van der Waals surface area contributed by atoms with Gasteiger partial charge in [-0.05, 0) is 49.7 Å². The summed E-state index contributed by atoms with van der Waals surface area (Å²) in [6, 6.07) is 7.16. The molecule has 0 bridgehead atoms. The Morgan fingerprint density at radius 2 is 1.80 bits per heavy atom. The van der Waals surface area contributed by atoms with E-state index in [1.54, 1.807) is 0 Å². The van der Waals surface area contributed by atoms with Gasteiger partial charge in [0.05, 0.1) is 5.56 Å². The van der Waals surface area contributed by atoms with Gasteiger partial charge in [0.15, 0.2) is 0 Å². The molecule has 2 aromatic rings. The predicted molar refractivity (Wildman–Crippen MR) is 73.7 cm³/mol. The number of benzene rings is 1. The SMILES string of the molecule is Cc1cc(C)nc(Sc2ccc(C(F)(F)F)cc2N)c1. The highest BCUT2D eigenvalue weighted by Gasteiger charge is 2.30. The third kappa shape index (κ3) is 3.45. The minimum absolute atomic E-state index is 0.103. The van der Waals surface area contributed by atoms with E-state index in [-0.39, 0.29) is 5.69 Å². The van der Waals surface area contributed by atoms with Crippen LogP contribution >= 0.6 is 11.8 Å². The highest BCUT2D eigenvalue weighted by molar-refractivity contribution is 7.99. The summed E-state index contributed by atoms with van der Waals surface area (Å²) in [4.78, 5) is 4.89. The number of alkyl halides is 3. The first-order valence-corrected chi connectivity index (χ1v) is 6.67. The second-order valence-electron chi connectivity index (χ2n) is 4.48. The molecule has 0 amide bonds. The zero-order valence-electron chi connectivity index (χ0n) is 11.0. The number of hydrogen-bond acceptors (Lipinski definition) is 3. The van der Waals surface area contributed by atoms with Crippen molar-refractivity contribution < 1.29 is 13.2 Å². The summed E-state index contributed by atoms with van der Waals surface area (Å²) in [7, 11) is 0. The van der Waals surface area contributed by atoms with E-state index in [0.717, 1.165) is 23.4 Å². The minimum atomic E-state index is -4.38. The standard InChI is InChI=1S/C14H13F3N2S/c1-8-5-9(2)19-13(6-8)20-12-4-3-10(7-11(12)18)14(15,16)17/h3-7H,18H2,1-2H3. The van der Waals surface area contributed by atoms with Crippen LogP contribution in [-0.4, -0.2) is 4.98 Å². The maximum Gasteiger partial charge on any atom is 0.416 e. The molecule has 1 aromatic carbocycles. The quantitative estimate of drug-likeness (QED) is 0.832. The monoisotopic (exact) mass is 298 g/mol. The number of rotatable bonds is 2. The summed E-state index contributed by atoms with van der Waals surface area (Å²) in [6.07, 6.45) is -4.38. The Hall–Kier alpha value is -1.69. The Bertz CT molecular complexity index is 619. The summed E-state index contributed by atoms with van der Waals surface area (Å²) in [6.45, 7) is 3.81. The Morgan fingerprint density at radius 1 is 1.10 bits per heavy atom. The van der Waals surface area contributed by atoms with Crippen molar-refractivity contribution in [1.29, 1.82) is 0 Å². The van der Waals surface area contributed by atoms with Crippen molar-refractivity contribution in [3.8, 4) is 0 Å². The lowest BCUT2D eigenvalue weighted by Gasteiger charge is -2.10. The highest BCUT2D eigenvalue weighted by atomic mass is 32.2. The molecule has 2 rings (SSSR count). The van der Waals surface area contributed by atoms with Crippen LogP contribution in [0.5, 0.6) is 0 Å². The smallest absolute Gasteiger partial charge is 0.398 e. The summed E-state index contributed by atoms with van der Waals surface area (Å²) in [5, 5.41) is 0.717. The van der Waals surface area contributed by atoms with Crippen molar-refractivity contribution in [3.05, 3.63) is 47.2 Å². The summed E-state index contributed by atoms with van der Waals surface area (Å²) >= 11 is 1.26. The van der Waals surface area contributed by atoms with E-state index >= 15 is 0 Å². The van der Waals surface area contributed by atoms with Gasteiger partial charge in [0.2, 0.25) is 0 Å². The normalized spacial score (nSPS) is 11.7. The molecule has 0 aliphatic heterocycles. The molecule has 1 heterocycles.